The van der Waals surface area contributed by atoms with Crippen LogP contribution in [0.4, 0.5) is 0 Å². The summed E-state index contributed by atoms with van der Waals surface area (Å²) in [4.78, 5) is 0. The molecule has 2 atom stereocenters. The highest BCUT2D eigenvalue weighted by Gasteiger charge is 2.39. The molecule has 0 N–H and O–H groups in total. The highest BCUT2D eigenvalue weighted by atomic mass is 16.7. The van der Waals surface area contributed by atoms with Crippen molar-refractivity contribution in [2.75, 3.05) is 6.61 Å². The molecule has 1 rings (SSSR count). The van der Waals surface area contributed by atoms with Gasteiger partial charge in [0.15, 0.2) is 5.79 Å². The molecular weight excluding hydrogens is 488 g/mol. The third-order valence-corrected chi connectivity index (χ3v) is 8.69. The van der Waals surface area contributed by atoms with Gasteiger partial charge in [-0.2, -0.15) is 0 Å². The van der Waals surface area contributed by atoms with Gasteiger partial charge in [0.05, 0.1) is 12.7 Å². The van der Waals surface area contributed by atoms with Crippen molar-refractivity contribution in [2.24, 2.45) is 0 Å². The van der Waals surface area contributed by atoms with Crippen LogP contribution in [0, 0.1) is 0 Å². The number of allylic oxidation sites excluding steroid dienone is 4. The van der Waals surface area contributed by atoms with Crippen LogP contribution in [-0.2, 0) is 9.47 Å². The molecule has 2 heteroatoms. The lowest BCUT2D eigenvalue weighted by atomic mass is 9.98. The summed E-state index contributed by atoms with van der Waals surface area (Å²) in [6, 6.07) is 0. The maximum Gasteiger partial charge on any atom is 0.168 e. The minimum absolute atomic E-state index is 0.270. The molecule has 0 spiro atoms. The van der Waals surface area contributed by atoms with E-state index < -0.39 is 0 Å². The standard InChI is InChI=1S/C38H72O2/c1-4-7-9-11-13-15-17-19-20-21-22-24-26-28-30-32-35-38(39-36-37(40-38)33-6-3)34-31-29-27-25-23-18-16-14-12-10-8-5-2/h13,15,19-20,37H,4-12,14,16-18,21-36H2,1-3H3/b15-13-,20-19-. The topological polar surface area (TPSA) is 18.5 Å². The molecule has 2 nitrogen and oxygen atoms in total. The lowest BCUT2D eigenvalue weighted by Gasteiger charge is -2.28. The van der Waals surface area contributed by atoms with Gasteiger partial charge < -0.3 is 9.47 Å². The fraction of sp³-hybridized carbons (Fsp3) is 0.895. The average Bonchev–Trinajstić information content (AvgIpc) is 3.36. The molecule has 236 valence electrons. The Hall–Kier alpha value is -0.600. The van der Waals surface area contributed by atoms with E-state index in [1.165, 1.54) is 154 Å². The molecular formula is C38H72O2. The molecule has 0 amide bonds. The van der Waals surface area contributed by atoms with E-state index in [9.17, 15) is 0 Å². The summed E-state index contributed by atoms with van der Waals surface area (Å²) in [6.45, 7) is 7.64. The van der Waals surface area contributed by atoms with Gasteiger partial charge >= 0.3 is 0 Å². The molecule has 0 saturated carbocycles. The van der Waals surface area contributed by atoms with E-state index in [0.29, 0.717) is 6.10 Å². The van der Waals surface area contributed by atoms with Crippen molar-refractivity contribution < 1.29 is 9.47 Å². The minimum atomic E-state index is -0.270. The summed E-state index contributed by atoms with van der Waals surface area (Å²) in [5, 5.41) is 0. The zero-order valence-corrected chi connectivity index (χ0v) is 27.7. The van der Waals surface area contributed by atoms with Crippen LogP contribution >= 0.6 is 0 Å². The molecule has 1 heterocycles. The van der Waals surface area contributed by atoms with Gasteiger partial charge in [0, 0.05) is 12.8 Å². The lowest BCUT2D eigenvalue weighted by Crippen LogP contribution is -2.31. The lowest BCUT2D eigenvalue weighted by molar-refractivity contribution is -0.180. The van der Waals surface area contributed by atoms with E-state index in [2.05, 4.69) is 45.1 Å². The maximum atomic E-state index is 6.58. The molecule has 1 saturated heterocycles. The first-order valence-corrected chi connectivity index (χ1v) is 18.4. The van der Waals surface area contributed by atoms with Crippen LogP contribution in [0.15, 0.2) is 24.3 Å². The van der Waals surface area contributed by atoms with Crippen molar-refractivity contribution >= 4 is 0 Å². The Kier molecular flexibility index (Phi) is 26.7. The van der Waals surface area contributed by atoms with Gasteiger partial charge in [0.2, 0.25) is 0 Å². The van der Waals surface area contributed by atoms with Crippen LogP contribution in [0.2, 0.25) is 0 Å². The summed E-state index contributed by atoms with van der Waals surface area (Å²) in [7, 11) is 0. The minimum Gasteiger partial charge on any atom is -0.347 e. The molecule has 0 aromatic rings. The second-order valence-corrected chi connectivity index (χ2v) is 12.7. The van der Waals surface area contributed by atoms with Crippen LogP contribution in [0.5, 0.6) is 0 Å². The Morgan fingerprint density at radius 3 is 1.43 bits per heavy atom. The molecule has 0 aromatic heterocycles. The Morgan fingerprint density at radius 2 is 0.925 bits per heavy atom. The SMILES string of the molecule is CCCCC/C=C\C/C=C\CCCCCCCCC1(CCCCCCCCCCCCCC)OCC(CCC)O1. The fourth-order valence-electron chi connectivity index (χ4n) is 6.09. The summed E-state index contributed by atoms with van der Waals surface area (Å²) in [5.41, 5.74) is 0. The van der Waals surface area contributed by atoms with E-state index in [1.807, 2.05) is 0 Å². The van der Waals surface area contributed by atoms with E-state index in [4.69, 9.17) is 9.47 Å². The Morgan fingerprint density at radius 1 is 0.500 bits per heavy atom. The van der Waals surface area contributed by atoms with Crippen molar-refractivity contribution in [3.05, 3.63) is 24.3 Å². The number of unbranched alkanes of at least 4 members (excludes halogenated alkanes) is 20. The summed E-state index contributed by atoms with van der Waals surface area (Å²) < 4.78 is 13.0. The van der Waals surface area contributed by atoms with Crippen molar-refractivity contribution in [1.82, 2.24) is 0 Å². The first-order valence-electron chi connectivity index (χ1n) is 18.4. The van der Waals surface area contributed by atoms with E-state index in [0.717, 1.165) is 32.3 Å². The van der Waals surface area contributed by atoms with Crippen LogP contribution in [0.25, 0.3) is 0 Å². The Labute approximate surface area is 252 Å². The summed E-state index contributed by atoms with van der Waals surface area (Å²) in [5.74, 6) is -0.270. The molecule has 0 radical (unpaired) electrons. The first-order chi connectivity index (χ1) is 19.8. The second kappa shape index (κ2) is 28.5. The van der Waals surface area contributed by atoms with Gasteiger partial charge in [0.25, 0.3) is 0 Å². The van der Waals surface area contributed by atoms with Gasteiger partial charge in [-0.1, -0.05) is 161 Å². The second-order valence-electron chi connectivity index (χ2n) is 12.7. The van der Waals surface area contributed by atoms with Crippen LogP contribution in [0.1, 0.15) is 201 Å². The third-order valence-electron chi connectivity index (χ3n) is 8.69. The zero-order chi connectivity index (χ0) is 28.8. The van der Waals surface area contributed by atoms with Gasteiger partial charge in [-0.15, -0.1) is 0 Å². The smallest absolute Gasteiger partial charge is 0.168 e. The molecule has 0 aromatic carbocycles. The van der Waals surface area contributed by atoms with Crippen molar-refractivity contribution in [2.45, 2.75) is 212 Å². The maximum absolute atomic E-state index is 6.58. The third kappa shape index (κ3) is 22.1. The van der Waals surface area contributed by atoms with Crippen LogP contribution in [-0.4, -0.2) is 18.5 Å². The Bertz CT molecular complexity index is 568. The number of ether oxygens (including phenoxy) is 2. The molecule has 1 aliphatic rings. The van der Waals surface area contributed by atoms with E-state index >= 15 is 0 Å². The van der Waals surface area contributed by atoms with Crippen LogP contribution < -0.4 is 0 Å². The molecule has 2 unspecified atom stereocenters. The number of hydrogen-bond donors (Lipinski definition) is 0. The van der Waals surface area contributed by atoms with Gasteiger partial charge in [-0.05, 0) is 51.4 Å². The first kappa shape index (κ1) is 37.4. The number of hydrogen-bond acceptors (Lipinski definition) is 2. The molecule has 40 heavy (non-hydrogen) atoms. The fourth-order valence-corrected chi connectivity index (χ4v) is 6.09. The number of rotatable bonds is 30. The Balaban J connectivity index is 2.08. The van der Waals surface area contributed by atoms with E-state index in [1.54, 1.807) is 0 Å². The van der Waals surface area contributed by atoms with Crippen molar-refractivity contribution in [3.8, 4) is 0 Å². The molecule has 0 aliphatic carbocycles. The average molecular weight is 561 g/mol. The van der Waals surface area contributed by atoms with Gasteiger partial charge in [-0.3, -0.25) is 0 Å². The molecule has 1 aliphatic heterocycles. The van der Waals surface area contributed by atoms with Crippen LogP contribution in [0.3, 0.4) is 0 Å². The summed E-state index contributed by atoms with van der Waals surface area (Å²) in [6.07, 6.45) is 46.7. The van der Waals surface area contributed by atoms with Crippen molar-refractivity contribution in [1.29, 1.82) is 0 Å². The van der Waals surface area contributed by atoms with E-state index in [-0.39, 0.29) is 5.79 Å². The largest absolute Gasteiger partial charge is 0.347 e. The monoisotopic (exact) mass is 561 g/mol. The molecule has 1 fully saturated rings. The van der Waals surface area contributed by atoms with Gasteiger partial charge in [0.1, 0.15) is 0 Å². The van der Waals surface area contributed by atoms with Gasteiger partial charge in [-0.25, -0.2) is 0 Å². The highest BCUT2D eigenvalue weighted by Crippen LogP contribution is 2.36. The summed E-state index contributed by atoms with van der Waals surface area (Å²) >= 11 is 0. The quantitative estimate of drug-likeness (QED) is 0.0642. The molecule has 0 bridgehead atoms. The normalized spacial score (nSPS) is 19.5. The zero-order valence-electron chi connectivity index (χ0n) is 27.7. The predicted molar refractivity (Wildman–Crippen MR) is 178 cm³/mol. The highest BCUT2D eigenvalue weighted by molar-refractivity contribution is 4.92. The predicted octanol–water partition coefficient (Wildman–Crippen LogP) is 13.2. The van der Waals surface area contributed by atoms with Crippen molar-refractivity contribution in [3.63, 3.8) is 0 Å².